The summed E-state index contributed by atoms with van der Waals surface area (Å²) in [5.74, 6) is 0.609. The largest absolute Gasteiger partial charge is 0.381 e. The second-order valence-corrected chi connectivity index (χ2v) is 5.85. The van der Waals surface area contributed by atoms with Crippen LogP contribution in [0.5, 0.6) is 0 Å². The first-order valence-corrected chi connectivity index (χ1v) is 7.81. The highest BCUT2D eigenvalue weighted by atomic mass is 35.5. The van der Waals surface area contributed by atoms with Crippen LogP contribution in [0.4, 0.5) is 0 Å². The standard InChI is InChI=1S/C14H26ClNO2/c1-17-14-4-2-3-12(11-14)16-8-5-13(6-9-16)18-10-7-15/h12-14H,2-11H2,1H3. The Morgan fingerprint density at radius 3 is 2.56 bits per heavy atom. The minimum absolute atomic E-state index is 0.432. The molecule has 0 bridgehead atoms. The molecule has 2 fully saturated rings. The number of hydrogen-bond donors (Lipinski definition) is 0. The van der Waals surface area contributed by atoms with Crippen LogP contribution in [-0.2, 0) is 9.47 Å². The van der Waals surface area contributed by atoms with E-state index >= 15 is 0 Å². The molecule has 0 N–H and O–H groups in total. The quantitative estimate of drug-likeness (QED) is 0.720. The zero-order valence-corrected chi connectivity index (χ0v) is 12.2. The van der Waals surface area contributed by atoms with Crippen molar-refractivity contribution in [2.24, 2.45) is 0 Å². The van der Waals surface area contributed by atoms with Gasteiger partial charge in [0.2, 0.25) is 0 Å². The molecule has 1 aliphatic heterocycles. The maximum atomic E-state index is 5.73. The zero-order chi connectivity index (χ0) is 12.8. The number of alkyl halides is 1. The lowest BCUT2D eigenvalue weighted by molar-refractivity contribution is -0.0175. The number of hydrogen-bond acceptors (Lipinski definition) is 3. The number of likely N-dealkylation sites (tertiary alicyclic amines) is 1. The molecule has 2 aliphatic rings. The third-order valence-corrected chi connectivity index (χ3v) is 4.51. The van der Waals surface area contributed by atoms with Crippen molar-refractivity contribution in [3.05, 3.63) is 0 Å². The minimum Gasteiger partial charge on any atom is -0.381 e. The van der Waals surface area contributed by atoms with E-state index in [1.165, 1.54) is 38.8 Å². The van der Waals surface area contributed by atoms with E-state index in [2.05, 4.69) is 4.90 Å². The summed E-state index contributed by atoms with van der Waals surface area (Å²) in [6.07, 6.45) is 8.33. The molecule has 18 heavy (non-hydrogen) atoms. The fourth-order valence-corrected chi connectivity index (χ4v) is 3.37. The van der Waals surface area contributed by atoms with Crippen molar-refractivity contribution in [3.8, 4) is 0 Å². The molecule has 0 amide bonds. The molecule has 0 spiro atoms. The van der Waals surface area contributed by atoms with Crippen molar-refractivity contribution < 1.29 is 9.47 Å². The topological polar surface area (TPSA) is 21.7 Å². The van der Waals surface area contributed by atoms with Crippen LogP contribution in [0, 0.1) is 0 Å². The van der Waals surface area contributed by atoms with E-state index in [-0.39, 0.29) is 0 Å². The number of halogens is 1. The summed E-state index contributed by atoms with van der Waals surface area (Å²) in [5.41, 5.74) is 0. The van der Waals surface area contributed by atoms with Gasteiger partial charge in [-0.1, -0.05) is 0 Å². The van der Waals surface area contributed by atoms with Crippen molar-refractivity contribution >= 4 is 11.6 Å². The lowest BCUT2D eigenvalue weighted by atomic mass is 9.90. The molecular formula is C14H26ClNO2. The van der Waals surface area contributed by atoms with Gasteiger partial charge in [0.1, 0.15) is 0 Å². The van der Waals surface area contributed by atoms with Crippen molar-refractivity contribution in [2.45, 2.75) is 56.8 Å². The predicted octanol–water partition coefficient (Wildman–Crippen LogP) is 2.66. The Bertz CT molecular complexity index is 232. The second kappa shape index (κ2) is 7.68. The smallest absolute Gasteiger partial charge is 0.0605 e. The maximum Gasteiger partial charge on any atom is 0.0605 e. The molecule has 1 aliphatic carbocycles. The van der Waals surface area contributed by atoms with Crippen molar-refractivity contribution in [1.82, 2.24) is 4.90 Å². The highest BCUT2D eigenvalue weighted by molar-refractivity contribution is 6.17. The van der Waals surface area contributed by atoms with Gasteiger partial charge in [-0.25, -0.2) is 0 Å². The van der Waals surface area contributed by atoms with Gasteiger partial charge in [-0.15, -0.1) is 11.6 Å². The van der Waals surface area contributed by atoms with E-state index in [1.54, 1.807) is 0 Å². The normalized spacial score (nSPS) is 31.7. The van der Waals surface area contributed by atoms with Crippen LogP contribution >= 0.6 is 11.6 Å². The Balaban J connectivity index is 1.72. The lowest BCUT2D eigenvalue weighted by Crippen LogP contribution is -2.46. The van der Waals surface area contributed by atoms with Gasteiger partial charge >= 0.3 is 0 Å². The average molecular weight is 276 g/mol. The third kappa shape index (κ3) is 4.09. The number of ether oxygens (including phenoxy) is 2. The van der Waals surface area contributed by atoms with Crippen LogP contribution < -0.4 is 0 Å². The summed E-state index contributed by atoms with van der Waals surface area (Å²) >= 11 is 5.65. The third-order valence-electron chi connectivity index (χ3n) is 4.36. The summed E-state index contributed by atoms with van der Waals surface area (Å²) in [4.78, 5) is 2.64. The Morgan fingerprint density at radius 2 is 1.89 bits per heavy atom. The summed E-state index contributed by atoms with van der Waals surface area (Å²) in [6.45, 7) is 3.05. The Kier molecular flexibility index (Phi) is 6.22. The number of nitrogens with zero attached hydrogens (tertiary/aromatic N) is 1. The molecule has 106 valence electrons. The van der Waals surface area contributed by atoms with E-state index in [0.717, 1.165) is 18.9 Å². The van der Waals surface area contributed by atoms with Crippen molar-refractivity contribution in [3.63, 3.8) is 0 Å². The van der Waals surface area contributed by atoms with Gasteiger partial charge in [-0.05, 0) is 38.5 Å². The first-order chi connectivity index (χ1) is 8.83. The van der Waals surface area contributed by atoms with Crippen molar-refractivity contribution in [2.75, 3.05) is 32.7 Å². The van der Waals surface area contributed by atoms with E-state index in [9.17, 15) is 0 Å². The van der Waals surface area contributed by atoms with Crippen LogP contribution in [0.1, 0.15) is 38.5 Å². The van der Waals surface area contributed by atoms with Crippen LogP contribution in [0.2, 0.25) is 0 Å². The average Bonchev–Trinajstić information content (AvgIpc) is 2.46. The highest BCUT2D eigenvalue weighted by Gasteiger charge is 2.29. The fraction of sp³-hybridized carbons (Fsp3) is 1.00. The molecule has 2 rings (SSSR count). The van der Waals surface area contributed by atoms with Crippen LogP contribution in [0.25, 0.3) is 0 Å². The molecule has 2 atom stereocenters. The SMILES string of the molecule is COC1CCCC(N2CCC(OCCCl)CC2)C1. The van der Waals surface area contributed by atoms with Gasteiger partial charge in [-0.2, -0.15) is 0 Å². The van der Waals surface area contributed by atoms with E-state index in [4.69, 9.17) is 21.1 Å². The summed E-state index contributed by atoms with van der Waals surface area (Å²) < 4.78 is 11.2. The van der Waals surface area contributed by atoms with Crippen LogP contribution in [0.3, 0.4) is 0 Å². The van der Waals surface area contributed by atoms with Gasteiger partial charge in [0.05, 0.1) is 18.8 Å². The molecule has 1 saturated carbocycles. The van der Waals surface area contributed by atoms with Gasteiger partial charge < -0.3 is 14.4 Å². The first kappa shape index (κ1) is 14.6. The predicted molar refractivity (Wildman–Crippen MR) is 74.3 cm³/mol. The fourth-order valence-electron chi connectivity index (χ4n) is 3.28. The van der Waals surface area contributed by atoms with Gasteiger partial charge in [-0.3, -0.25) is 0 Å². The molecule has 0 aromatic heterocycles. The molecule has 2 unspecified atom stereocenters. The number of piperidine rings is 1. The minimum atomic E-state index is 0.432. The second-order valence-electron chi connectivity index (χ2n) is 5.47. The zero-order valence-electron chi connectivity index (χ0n) is 11.4. The summed E-state index contributed by atoms with van der Waals surface area (Å²) in [6, 6.07) is 0.734. The van der Waals surface area contributed by atoms with Gasteiger partial charge in [0.15, 0.2) is 0 Å². The lowest BCUT2D eigenvalue weighted by Gasteiger charge is -2.40. The molecule has 0 aromatic carbocycles. The first-order valence-electron chi connectivity index (χ1n) is 7.28. The van der Waals surface area contributed by atoms with E-state index in [0.29, 0.717) is 24.7 Å². The van der Waals surface area contributed by atoms with E-state index < -0.39 is 0 Å². The summed E-state index contributed by atoms with van der Waals surface area (Å²) in [5, 5.41) is 0. The number of rotatable bonds is 5. The van der Waals surface area contributed by atoms with Gasteiger partial charge in [0.25, 0.3) is 0 Å². The monoisotopic (exact) mass is 275 g/mol. The van der Waals surface area contributed by atoms with Crippen molar-refractivity contribution in [1.29, 1.82) is 0 Å². The van der Waals surface area contributed by atoms with Crippen LogP contribution in [0.15, 0.2) is 0 Å². The number of methoxy groups -OCH3 is 1. The highest BCUT2D eigenvalue weighted by Crippen LogP contribution is 2.27. The molecule has 4 heteroatoms. The molecular weight excluding hydrogens is 250 g/mol. The maximum absolute atomic E-state index is 5.73. The van der Waals surface area contributed by atoms with Gasteiger partial charge in [0, 0.05) is 32.1 Å². The molecule has 0 aromatic rings. The molecule has 1 saturated heterocycles. The molecule has 1 heterocycles. The van der Waals surface area contributed by atoms with E-state index in [1.807, 2.05) is 7.11 Å². The molecule has 3 nitrogen and oxygen atoms in total. The Labute approximate surface area is 116 Å². The summed E-state index contributed by atoms with van der Waals surface area (Å²) in [7, 11) is 1.85. The molecule has 0 radical (unpaired) electrons. The Hall–Kier alpha value is 0.170. The Morgan fingerprint density at radius 1 is 1.11 bits per heavy atom. The van der Waals surface area contributed by atoms with Crippen LogP contribution in [-0.4, -0.2) is 55.8 Å².